The minimum absolute atomic E-state index is 0.161. The third-order valence-corrected chi connectivity index (χ3v) is 9.04. The maximum absolute atomic E-state index is 6.31. The van der Waals surface area contributed by atoms with E-state index < -0.39 is 8.32 Å². The Kier molecular flexibility index (Phi) is 8.17. The number of rotatable bonds is 8. The molecule has 0 saturated carbocycles. The number of halogens is 1. The summed E-state index contributed by atoms with van der Waals surface area (Å²) in [7, 11) is -1.83. The first kappa shape index (κ1) is 21.1. The molecule has 0 aliphatic carbocycles. The molecule has 0 saturated heterocycles. The number of hydrogen-bond acceptors (Lipinski definition) is 4. The van der Waals surface area contributed by atoms with E-state index in [0.717, 1.165) is 4.48 Å². The van der Waals surface area contributed by atoms with Crippen molar-refractivity contribution in [3.8, 4) is 0 Å². The SMILES string of the molecule is C=C(Br)CO[C@H]1C=C[C@@H](OCC)O[C@@H]1CO[Si](C)(C)C(C)(C)C. The van der Waals surface area contributed by atoms with Crippen molar-refractivity contribution in [1.82, 2.24) is 0 Å². The van der Waals surface area contributed by atoms with Crippen LogP contribution < -0.4 is 0 Å². The van der Waals surface area contributed by atoms with Gasteiger partial charge in [-0.3, -0.25) is 0 Å². The second-order valence-electron chi connectivity index (χ2n) is 7.25. The summed E-state index contributed by atoms with van der Waals surface area (Å²) in [6.45, 7) is 18.5. The lowest BCUT2D eigenvalue weighted by molar-refractivity contribution is -0.183. The second-order valence-corrected chi connectivity index (χ2v) is 13.2. The molecule has 1 heterocycles. The first-order valence-corrected chi connectivity index (χ1v) is 11.8. The topological polar surface area (TPSA) is 36.9 Å². The Balaban J connectivity index is 2.72. The molecule has 0 unspecified atom stereocenters. The average Bonchev–Trinajstić information content (AvgIpc) is 2.43. The number of ether oxygens (including phenoxy) is 3. The van der Waals surface area contributed by atoms with E-state index >= 15 is 0 Å². The monoisotopic (exact) mass is 406 g/mol. The molecule has 6 heteroatoms. The fourth-order valence-electron chi connectivity index (χ4n) is 1.87. The zero-order valence-corrected chi connectivity index (χ0v) is 17.8. The highest BCUT2D eigenvalue weighted by Crippen LogP contribution is 2.37. The normalized spacial score (nSPS) is 25.6. The van der Waals surface area contributed by atoms with Gasteiger partial charge in [-0.05, 0) is 31.1 Å². The van der Waals surface area contributed by atoms with Crippen LogP contribution in [0.3, 0.4) is 0 Å². The minimum Gasteiger partial charge on any atom is -0.414 e. The molecule has 1 rings (SSSR count). The molecule has 0 spiro atoms. The summed E-state index contributed by atoms with van der Waals surface area (Å²) >= 11 is 3.32. The van der Waals surface area contributed by atoms with Gasteiger partial charge in [-0.2, -0.15) is 0 Å². The molecule has 0 radical (unpaired) electrons. The van der Waals surface area contributed by atoms with Gasteiger partial charge < -0.3 is 18.6 Å². The van der Waals surface area contributed by atoms with Crippen molar-refractivity contribution >= 4 is 24.2 Å². The van der Waals surface area contributed by atoms with Gasteiger partial charge in [0.15, 0.2) is 14.6 Å². The molecule has 0 bridgehead atoms. The highest BCUT2D eigenvalue weighted by molar-refractivity contribution is 9.11. The molecule has 134 valence electrons. The van der Waals surface area contributed by atoms with Crippen LogP contribution in [0.4, 0.5) is 0 Å². The highest BCUT2D eigenvalue weighted by Gasteiger charge is 2.39. The second kappa shape index (κ2) is 8.92. The van der Waals surface area contributed by atoms with Crippen molar-refractivity contribution in [3.05, 3.63) is 23.2 Å². The van der Waals surface area contributed by atoms with E-state index in [1.807, 2.05) is 19.1 Å². The fourth-order valence-corrected chi connectivity index (χ4v) is 3.02. The van der Waals surface area contributed by atoms with E-state index in [1.54, 1.807) is 0 Å². The highest BCUT2D eigenvalue weighted by atomic mass is 79.9. The van der Waals surface area contributed by atoms with Crippen molar-refractivity contribution in [2.75, 3.05) is 19.8 Å². The summed E-state index contributed by atoms with van der Waals surface area (Å²) in [5.41, 5.74) is 0. The Hall–Kier alpha value is 0.0169. The first-order valence-electron chi connectivity index (χ1n) is 8.11. The maximum atomic E-state index is 6.31. The van der Waals surface area contributed by atoms with Crippen molar-refractivity contribution < 1.29 is 18.6 Å². The molecular formula is C17H31BrO4Si. The van der Waals surface area contributed by atoms with Gasteiger partial charge in [-0.25, -0.2) is 0 Å². The van der Waals surface area contributed by atoms with Crippen molar-refractivity contribution in [1.29, 1.82) is 0 Å². The Morgan fingerprint density at radius 3 is 2.43 bits per heavy atom. The molecule has 4 nitrogen and oxygen atoms in total. The lowest BCUT2D eigenvalue weighted by Gasteiger charge is -2.39. The van der Waals surface area contributed by atoms with Gasteiger partial charge in [0.2, 0.25) is 0 Å². The van der Waals surface area contributed by atoms with Crippen LogP contribution in [-0.2, 0) is 18.6 Å². The van der Waals surface area contributed by atoms with E-state index in [2.05, 4.69) is 56.4 Å². The standard InChI is InChI=1S/C17H31BrO4Si/c1-8-19-16-10-9-14(20-11-13(2)18)15(22-16)12-21-23(6,7)17(3,4)5/h9-10,14-16H,2,8,11-12H2,1,3-7H3/t14-,15+,16-/m0/s1. The quantitative estimate of drug-likeness (QED) is 0.435. The molecule has 0 aromatic carbocycles. The molecule has 0 fully saturated rings. The van der Waals surface area contributed by atoms with Crippen LogP contribution in [0.5, 0.6) is 0 Å². The van der Waals surface area contributed by atoms with Gasteiger partial charge in [0.1, 0.15) is 12.2 Å². The Labute approximate surface area is 150 Å². The molecule has 3 atom stereocenters. The van der Waals surface area contributed by atoms with Crippen LogP contribution in [0.2, 0.25) is 18.1 Å². The summed E-state index contributed by atoms with van der Waals surface area (Å²) in [6, 6.07) is 0. The summed E-state index contributed by atoms with van der Waals surface area (Å²) in [4.78, 5) is 0. The lowest BCUT2D eigenvalue weighted by Crippen LogP contribution is -2.47. The van der Waals surface area contributed by atoms with E-state index in [4.69, 9.17) is 18.6 Å². The minimum atomic E-state index is -1.83. The molecule has 23 heavy (non-hydrogen) atoms. The zero-order chi connectivity index (χ0) is 17.7. The fraction of sp³-hybridized carbons (Fsp3) is 0.765. The Morgan fingerprint density at radius 1 is 1.26 bits per heavy atom. The summed E-state index contributed by atoms with van der Waals surface area (Å²) < 4.78 is 24.5. The van der Waals surface area contributed by atoms with Gasteiger partial charge in [0.25, 0.3) is 0 Å². The third kappa shape index (κ3) is 6.80. The summed E-state index contributed by atoms with van der Waals surface area (Å²) in [5.74, 6) is 0. The first-order chi connectivity index (χ1) is 10.6. The Bertz CT molecular complexity index is 417. The van der Waals surface area contributed by atoms with Gasteiger partial charge in [0.05, 0.1) is 13.2 Å². The molecule has 0 aromatic rings. The maximum Gasteiger partial charge on any atom is 0.192 e. The van der Waals surface area contributed by atoms with E-state index in [0.29, 0.717) is 19.8 Å². The lowest BCUT2D eigenvalue weighted by atomic mass is 10.1. The van der Waals surface area contributed by atoms with Gasteiger partial charge in [-0.1, -0.05) is 49.4 Å². The molecule has 0 aromatic heterocycles. The van der Waals surface area contributed by atoms with Crippen LogP contribution in [0.1, 0.15) is 27.7 Å². The average molecular weight is 407 g/mol. The van der Waals surface area contributed by atoms with Crippen molar-refractivity contribution in [3.63, 3.8) is 0 Å². The number of hydrogen-bond donors (Lipinski definition) is 0. The van der Waals surface area contributed by atoms with Crippen LogP contribution in [0.25, 0.3) is 0 Å². The van der Waals surface area contributed by atoms with Crippen LogP contribution in [0.15, 0.2) is 23.2 Å². The van der Waals surface area contributed by atoms with E-state index in [9.17, 15) is 0 Å². The molecule has 0 amide bonds. The van der Waals surface area contributed by atoms with Gasteiger partial charge in [-0.15, -0.1) is 0 Å². The smallest absolute Gasteiger partial charge is 0.192 e. The van der Waals surface area contributed by atoms with Crippen LogP contribution in [-0.4, -0.2) is 46.6 Å². The predicted octanol–water partition coefficient (Wildman–Crippen LogP) is 4.62. The van der Waals surface area contributed by atoms with Crippen LogP contribution in [0, 0.1) is 0 Å². The largest absolute Gasteiger partial charge is 0.414 e. The molecule has 1 aliphatic rings. The van der Waals surface area contributed by atoms with Crippen molar-refractivity contribution in [2.24, 2.45) is 0 Å². The van der Waals surface area contributed by atoms with E-state index in [-0.39, 0.29) is 23.5 Å². The summed E-state index contributed by atoms with van der Waals surface area (Å²) in [6.07, 6.45) is 3.22. The molecular weight excluding hydrogens is 376 g/mol. The van der Waals surface area contributed by atoms with Gasteiger partial charge >= 0.3 is 0 Å². The zero-order valence-electron chi connectivity index (χ0n) is 15.2. The summed E-state index contributed by atoms with van der Waals surface area (Å²) in [5, 5.41) is 0.164. The van der Waals surface area contributed by atoms with Crippen LogP contribution >= 0.6 is 15.9 Å². The Morgan fingerprint density at radius 2 is 1.91 bits per heavy atom. The van der Waals surface area contributed by atoms with Gasteiger partial charge in [0, 0.05) is 11.1 Å². The molecule has 0 N–H and O–H groups in total. The predicted molar refractivity (Wildman–Crippen MR) is 100 cm³/mol. The van der Waals surface area contributed by atoms with Crippen molar-refractivity contribution in [2.45, 2.75) is 64.3 Å². The molecule has 1 aliphatic heterocycles. The third-order valence-electron chi connectivity index (χ3n) is 4.31. The van der Waals surface area contributed by atoms with E-state index in [1.165, 1.54) is 0 Å².